The molecular formula is C20H35O6P. The molecule has 0 aromatic rings. The molecule has 0 saturated carbocycles. The number of esters is 1. The van der Waals surface area contributed by atoms with Crippen molar-refractivity contribution in [2.24, 2.45) is 0 Å². The van der Waals surface area contributed by atoms with E-state index in [-0.39, 0.29) is 25.6 Å². The van der Waals surface area contributed by atoms with Crippen LogP contribution in [-0.2, 0) is 27.7 Å². The molecule has 0 bridgehead atoms. The summed E-state index contributed by atoms with van der Waals surface area (Å²) >= 11 is 0. The third-order valence-corrected chi connectivity index (χ3v) is 4.95. The summed E-state index contributed by atoms with van der Waals surface area (Å²) in [7, 11) is -3.75. The van der Waals surface area contributed by atoms with Gasteiger partial charge in [-0.2, -0.15) is 0 Å². The molecule has 0 N–H and O–H groups in total. The zero-order chi connectivity index (χ0) is 20.7. The van der Waals surface area contributed by atoms with Crippen molar-refractivity contribution < 1.29 is 27.7 Å². The number of phosphoric acid groups is 1. The monoisotopic (exact) mass is 402 g/mol. The van der Waals surface area contributed by atoms with Crippen molar-refractivity contribution in [3.8, 4) is 0 Å². The quantitative estimate of drug-likeness (QED) is 0.115. The highest BCUT2D eigenvalue weighted by Gasteiger charge is 2.28. The van der Waals surface area contributed by atoms with Crippen LogP contribution in [0.1, 0.15) is 67.2 Å². The normalized spacial score (nSPS) is 12.7. The van der Waals surface area contributed by atoms with Gasteiger partial charge < -0.3 is 9.26 Å². The first-order valence-electron chi connectivity index (χ1n) is 9.51. The van der Waals surface area contributed by atoms with Crippen molar-refractivity contribution in [3.63, 3.8) is 0 Å². The number of hydrogen-bond acceptors (Lipinski definition) is 6. The van der Waals surface area contributed by atoms with Crippen LogP contribution in [0, 0.1) is 0 Å². The Morgan fingerprint density at radius 1 is 0.889 bits per heavy atom. The fourth-order valence-corrected chi connectivity index (χ4v) is 3.40. The number of rotatable bonds is 14. The third-order valence-electron chi connectivity index (χ3n) is 3.34. The highest BCUT2D eigenvalue weighted by Crippen LogP contribution is 2.51. The Labute approximate surface area is 164 Å². The lowest BCUT2D eigenvalue weighted by Crippen LogP contribution is -2.05. The Bertz CT molecular complexity index is 563. The van der Waals surface area contributed by atoms with Gasteiger partial charge in [0.25, 0.3) is 0 Å². The number of phosphoric ester groups is 1. The van der Waals surface area contributed by atoms with Crippen LogP contribution in [0.5, 0.6) is 0 Å². The summed E-state index contributed by atoms with van der Waals surface area (Å²) in [4.78, 5) is 11.8. The maximum Gasteiger partial charge on any atom is 0.529 e. The van der Waals surface area contributed by atoms with Gasteiger partial charge in [-0.15, -0.1) is 0 Å². The average Bonchev–Trinajstić information content (AvgIpc) is 2.54. The Kier molecular flexibility index (Phi) is 13.9. The van der Waals surface area contributed by atoms with Crippen LogP contribution < -0.4 is 0 Å². The molecule has 0 heterocycles. The summed E-state index contributed by atoms with van der Waals surface area (Å²) in [5.74, 6) is -0.316. The molecule has 6 nitrogen and oxygen atoms in total. The first-order chi connectivity index (χ1) is 12.8. The molecule has 0 atom stereocenters. The molecule has 0 aliphatic heterocycles. The highest BCUT2D eigenvalue weighted by molar-refractivity contribution is 7.48. The SMILES string of the molecule is CCOC(=O)/C=C(\CC/C=C(\C)CCC=C(C)C)OP(=O)(OCC)OCC. The third kappa shape index (κ3) is 13.5. The van der Waals surface area contributed by atoms with Crippen LogP contribution in [0.15, 0.2) is 35.1 Å². The second-order valence-electron chi connectivity index (χ2n) is 6.15. The van der Waals surface area contributed by atoms with Gasteiger partial charge in [-0.1, -0.05) is 23.3 Å². The van der Waals surface area contributed by atoms with Gasteiger partial charge in [0.2, 0.25) is 0 Å². The standard InChI is InChI=1S/C20H35O6P/c1-7-23-20(21)16-19(26-27(22,24-8-2)25-9-3)15-11-14-18(6)13-10-12-17(4)5/h12,14,16H,7-11,13,15H2,1-6H3/b18-14+,19-16+. The van der Waals surface area contributed by atoms with E-state index in [4.69, 9.17) is 18.3 Å². The van der Waals surface area contributed by atoms with Crippen molar-refractivity contribution in [1.29, 1.82) is 0 Å². The van der Waals surface area contributed by atoms with Gasteiger partial charge in [-0.05, 0) is 60.8 Å². The average molecular weight is 402 g/mol. The molecule has 0 fully saturated rings. The predicted octanol–water partition coefficient (Wildman–Crippen LogP) is 6.10. The van der Waals surface area contributed by atoms with Crippen molar-refractivity contribution in [2.75, 3.05) is 19.8 Å². The summed E-state index contributed by atoms with van der Waals surface area (Å²) in [5.41, 5.74) is 2.55. The molecule has 0 rings (SSSR count). The van der Waals surface area contributed by atoms with Gasteiger partial charge in [0.1, 0.15) is 5.76 Å². The van der Waals surface area contributed by atoms with E-state index in [0.29, 0.717) is 12.8 Å². The second kappa shape index (κ2) is 14.7. The molecule has 156 valence electrons. The Morgan fingerprint density at radius 3 is 2.00 bits per heavy atom. The molecule has 0 amide bonds. The minimum atomic E-state index is -3.75. The Balaban J connectivity index is 5.03. The number of hydrogen-bond donors (Lipinski definition) is 0. The van der Waals surface area contributed by atoms with Crippen molar-refractivity contribution in [3.05, 3.63) is 35.1 Å². The molecule has 7 heteroatoms. The first kappa shape index (κ1) is 25.6. The molecule has 0 spiro atoms. The van der Waals surface area contributed by atoms with Crippen molar-refractivity contribution >= 4 is 13.8 Å². The number of allylic oxidation sites excluding steroid dienone is 5. The molecule has 0 aliphatic carbocycles. The summed E-state index contributed by atoms with van der Waals surface area (Å²) in [5, 5.41) is 0. The zero-order valence-electron chi connectivity index (χ0n) is 17.6. The molecular weight excluding hydrogens is 367 g/mol. The summed E-state index contributed by atoms with van der Waals surface area (Å²) in [6, 6.07) is 0. The van der Waals surface area contributed by atoms with Crippen LogP contribution in [-0.4, -0.2) is 25.8 Å². The highest BCUT2D eigenvalue weighted by atomic mass is 31.2. The van der Waals surface area contributed by atoms with E-state index in [9.17, 15) is 9.36 Å². The van der Waals surface area contributed by atoms with E-state index in [2.05, 4.69) is 32.9 Å². The maximum atomic E-state index is 12.6. The van der Waals surface area contributed by atoms with Crippen LogP contribution >= 0.6 is 7.82 Å². The van der Waals surface area contributed by atoms with Crippen LogP contribution in [0.4, 0.5) is 0 Å². The largest absolute Gasteiger partial charge is 0.529 e. The molecule has 0 aromatic heterocycles. The fraction of sp³-hybridized carbons (Fsp3) is 0.650. The lowest BCUT2D eigenvalue weighted by atomic mass is 10.1. The Morgan fingerprint density at radius 2 is 1.48 bits per heavy atom. The topological polar surface area (TPSA) is 71.1 Å². The minimum absolute atomic E-state index is 0.174. The Hall–Kier alpha value is -1.36. The predicted molar refractivity (Wildman–Crippen MR) is 108 cm³/mol. The van der Waals surface area contributed by atoms with Gasteiger partial charge in [0.15, 0.2) is 0 Å². The van der Waals surface area contributed by atoms with Crippen LogP contribution in [0.3, 0.4) is 0 Å². The van der Waals surface area contributed by atoms with Gasteiger partial charge in [0, 0.05) is 6.42 Å². The van der Waals surface area contributed by atoms with E-state index in [1.165, 1.54) is 17.2 Å². The summed E-state index contributed by atoms with van der Waals surface area (Å²) in [6.07, 6.45) is 8.50. The fourth-order valence-electron chi connectivity index (χ4n) is 2.16. The molecule has 0 saturated heterocycles. The van der Waals surface area contributed by atoms with E-state index in [0.717, 1.165) is 12.8 Å². The van der Waals surface area contributed by atoms with Crippen molar-refractivity contribution in [1.82, 2.24) is 0 Å². The van der Waals surface area contributed by atoms with Gasteiger partial charge in [-0.25, -0.2) is 9.36 Å². The zero-order valence-corrected chi connectivity index (χ0v) is 18.5. The lowest BCUT2D eigenvalue weighted by Gasteiger charge is -2.18. The minimum Gasteiger partial charge on any atom is -0.463 e. The van der Waals surface area contributed by atoms with E-state index < -0.39 is 13.8 Å². The maximum absolute atomic E-state index is 12.6. The summed E-state index contributed by atoms with van der Waals surface area (Å²) < 4.78 is 33.3. The van der Waals surface area contributed by atoms with Crippen LogP contribution in [0.25, 0.3) is 0 Å². The molecule has 27 heavy (non-hydrogen) atoms. The van der Waals surface area contributed by atoms with Gasteiger partial charge >= 0.3 is 13.8 Å². The molecule has 0 unspecified atom stereocenters. The number of carbonyl (C=O) groups excluding carboxylic acids is 1. The first-order valence-corrected chi connectivity index (χ1v) is 11.0. The van der Waals surface area contributed by atoms with Crippen molar-refractivity contribution in [2.45, 2.75) is 67.2 Å². The number of carbonyl (C=O) groups is 1. The second-order valence-corrected chi connectivity index (χ2v) is 7.74. The lowest BCUT2D eigenvalue weighted by molar-refractivity contribution is -0.137. The van der Waals surface area contributed by atoms with Gasteiger partial charge in [0.05, 0.1) is 25.9 Å². The van der Waals surface area contributed by atoms with E-state index >= 15 is 0 Å². The molecule has 0 aromatic carbocycles. The number of ether oxygens (including phenoxy) is 1. The smallest absolute Gasteiger partial charge is 0.463 e. The van der Waals surface area contributed by atoms with Gasteiger partial charge in [-0.3, -0.25) is 9.05 Å². The molecule has 0 radical (unpaired) electrons. The van der Waals surface area contributed by atoms with E-state index in [1.807, 2.05) is 0 Å². The van der Waals surface area contributed by atoms with Crippen LogP contribution in [0.2, 0.25) is 0 Å². The summed E-state index contributed by atoms with van der Waals surface area (Å²) in [6.45, 7) is 11.9. The molecule has 0 aliphatic rings. The van der Waals surface area contributed by atoms with E-state index in [1.54, 1.807) is 20.8 Å².